The third-order valence-electron chi connectivity index (χ3n) is 5.93. The number of hydrogen-bond acceptors (Lipinski definition) is 4. The Morgan fingerprint density at radius 2 is 1.66 bits per heavy atom. The molecule has 1 saturated heterocycles. The zero-order valence-corrected chi connectivity index (χ0v) is 21.5. The standard InChI is InChI=1S/C28H25BrN2O4/c1-16-5-9-24(19(4)11-16)31-27(33)22(26(32)30-28(31)34)13-20-8-10-25(23(29)14-20)35-15-21-7-6-17(2)18(3)12-21/h5-14H,15H2,1-4H3,(H,30,32,34)/b22-13+. The maximum absolute atomic E-state index is 13.2. The summed E-state index contributed by atoms with van der Waals surface area (Å²) in [6.07, 6.45) is 1.47. The van der Waals surface area contributed by atoms with Gasteiger partial charge in [0.1, 0.15) is 17.9 Å². The van der Waals surface area contributed by atoms with Crippen molar-refractivity contribution in [1.29, 1.82) is 0 Å². The fraction of sp³-hybridized carbons (Fsp3) is 0.179. The van der Waals surface area contributed by atoms with Crippen LogP contribution in [0.3, 0.4) is 0 Å². The summed E-state index contributed by atoms with van der Waals surface area (Å²) in [4.78, 5) is 39.2. The van der Waals surface area contributed by atoms with Crippen molar-refractivity contribution in [2.24, 2.45) is 0 Å². The van der Waals surface area contributed by atoms with Gasteiger partial charge in [0.25, 0.3) is 11.8 Å². The third kappa shape index (κ3) is 5.20. The number of nitrogens with one attached hydrogen (secondary N) is 1. The summed E-state index contributed by atoms with van der Waals surface area (Å²) in [6.45, 7) is 8.29. The van der Waals surface area contributed by atoms with Gasteiger partial charge in [0, 0.05) is 0 Å². The van der Waals surface area contributed by atoms with Crippen LogP contribution in [0.5, 0.6) is 5.75 Å². The lowest BCUT2D eigenvalue weighted by Crippen LogP contribution is -2.54. The highest BCUT2D eigenvalue weighted by molar-refractivity contribution is 9.10. The minimum absolute atomic E-state index is 0.125. The van der Waals surface area contributed by atoms with E-state index in [0.717, 1.165) is 21.6 Å². The molecule has 1 aliphatic rings. The highest BCUT2D eigenvalue weighted by Crippen LogP contribution is 2.30. The second-order valence-electron chi connectivity index (χ2n) is 8.64. The number of imide groups is 2. The molecule has 1 N–H and O–H groups in total. The summed E-state index contributed by atoms with van der Waals surface area (Å²) in [5, 5.41) is 2.27. The number of halogens is 1. The fourth-order valence-electron chi connectivity index (χ4n) is 3.88. The average molecular weight is 533 g/mol. The third-order valence-corrected chi connectivity index (χ3v) is 6.55. The van der Waals surface area contributed by atoms with Crippen LogP contribution < -0.4 is 15.0 Å². The van der Waals surface area contributed by atoms with Crippen molar-refractivity contribution in [1.82, 2.24) is 5.32 Å². The van der Waals surface area contributed by atoms with Crippen LogP contribution in [-0.4, -0.2) is 17.8 Å². The normalized spacial score (nSPS) is 14.9. The van der Waals surface area contributed by atoms with Crippen LogP contribution >= 0.6 is 15.9 Å². The van der Waals surface area contributed by atoms with Crippen molar-refractivity contribution in [3.63, 3.8) is 0 Å². The predicted octanol–water partition coefficient (Wildman–Crippen LogP) is 5.93. The smallest absolute Gasteiger partial charge is 0.335 e. The highest BCUT2D eigenvalue weighted by Gasteiger charge is 2.37. The molecule has 0 bridgehead atoms. The van der Waals surface area contributed by atoms with Gasteiger partial charge in [0.05, 0.1) is 10.2 Å². The molecule has 4 rings (SSSR count). The summed E-state index contributed by atoms with van der Waals surface area (Å²) in [6, 6.07) is 16.1. The van der Waals surface area contributed by atoms with Gasteiger partial charge in [-0.05, 0) is 95.7 Å². The number of rotatable bonds is 5. The lowest BCUT2D eigenvalue weighted by molar-refractivity contribution is -0.122. The van der Waals surface area contributed by atoms with E-state index in [1.165, 1.54) is 17.2 Å². The summed E-state index contributed by atoms with van der Waals surface area (Å²) in [7, 11) is 0. The monoisotopic (exact) mass is 532 g/mol. The minimum atomic E-state index is -0.764. The number of benzene rings is 3. The number of nitrogens with zero attached hydrogens (tertiary/aromatic N) is 1. The quantitative estimate of drug-likeness (QED) is 0.326. The minimum Gasteiger partial charge on any atom is -0.488 e. The molecule has 1 heterocycles. The lowest BCUT2D eigenvalue weighted by Gasteiger charge is -2.27. The zero-order valence-electron chi connectivity index (χ0n) is 19.9. The summed E-state index contributed by atoms with van der Waals surface area (Å²) >= 11 is 3.51. The summed E-state index contributed by atoms with van der Waals surface area (Å²) in [5.74, 6) is -0.763. The Labute approximate surface area is 212 Å². The van der Waals surface area contributed by atoms with E-state index in [1.54, 1.807) is 24.3 Å². The van der Waals surface area contributed by atoms with E-state index in [0.29, 0.717) is 28.1 Å². The number of amides is 4. The molecule has 4 amide bonds. The molecular formula is C28H25BrN2O4. The summed E-state index contributed by atoms with van der Waals surface area (Å²) < 4.78 is 6.63. The van der Waals surface area contributed by atoms with Crippen LogP contribution in [0.15, 0.2) is 64.6 Å². The second-order valence-corrected chi connectivity index (χ2v) is 9.50. The summed E-state index contributed by atoms with van der Waals surface area (Å²) in [5.41, 5.74) is 6.19. The van der Waals surface area contributed by atoms with Gasteiger partial charge in [0.2, 0.25) is 0 Å². The first-order chi connectivity index (χ1) is 16.6. The van der Waals surface area contributed by atoms with Crippen LogP contribution in [0, 0.1) is 27.7 Å². The van der Waals surface area contributed by atoms with Crippen molar-refractivity contribution in [2.45, 2.75) is 34.3 Å². The lowest BCUT2D eigenvalue weighted by atomic mass is 10.0. The Morgan fingerprint density at radius 3 is 2.34 bits per heavy atom. The number of hydrogen-bond donors (Lipinski definition) is 1. The van der Waals surface area contributed by atoms with E-state index < -0.39 is 17.8 Å². The molecule has 0 aliphatic carbocycles. The first-order valence-corrected chi connectivity index (χ1v) is 11.9. The molecule has 178 valence electrons. The van der Waals surface area contributed by atoms with Gasteiger partial charge in [0.15, 0.2) is 0 Å². The van der Waals surface area contributed by atoms with E-state index >= 15 is 0 Å². The molecule has 0 spiro atoms. The van der Waals surface area contributed by atoms with Crippen molar-refractivity contribution in [2.75, 3.05) is 4.90 Å². The number of ether oxygens (including phenoxy) is 1. The van der Waals surface area contributed by atoms with E-state index in [2.05, 4.69) is 47.2 Å². The Hall–Kier alpha value is -3.71. The SMILES string of the molecule is Cc1ccc(N2C(=O)NC(=O)/C(=C\c3ccc(OCc4ccc(C)c(C)c4)c(Br)c3)C2=O)c(C)c1. The van der Waals surface area contributed by atoms with Gasteiger partial charge in [-0.15, -0.1) is 0 Å². The Morgan fingerprint density at radius 1 is 0.886 bits per heavy atom. The Bertz CT molecular complexity index is 1390. The first-order valence-electron chi connectivity index (χ1n) is 11.1. The van der Waals surface area contributed by atoms with Crippen LogP contribution in [0.1, 0.15) is 33.4 Å². The van der Waals surface area contributed by atoms with Gasteiger partial charge >= 0.3 is 6.03 Å². The molecule has 0 atom stereocenters. The van der Waals surface area contributed by atoms with E-state index in [-0.39, 0.29) is 5.57 Å². The molecule has 7 heteroatoms. The average Bonchev–Trinajstić information content (AvgIpc) is 2.79. The van der Waals surface area contributed by atoms with Crippen molar-refractivity contribution in [3.05, 3.63) is 98.0 Å². The molecule has 0 aromatic heterocycles. The Balaban J connectivity index is 1.57. The van der Waals surface area contributed by atoms with Crippen LogP contribution in [0.25, 0.3) is 6.08 Å². The molecule has 0 radical (unpaired) electrons. The molecule has 6 nitrogen and oxygen atoms in total. The van der Waals surface area contributed by atoms with Gasteiger partial charge < -0.3 is 4.74 Å². The van der Waals surface area contributed by atoms with E-state index in [1.807, 2.05) is 32.0 Å². The topological polar surface area (TPSA) is 75.7 Å². The molecule has 35 heavy (non-hydrogen) atoms. The molecule has 0 unspecified atom stereocenters. The molecule has 3 aromatic carbocycles. The number of anilines is 1. The number of urea groups is 1. The highest BCUT2D eigenvalue weighted by atomic mass is 79.9. The maximum atomic E-state index is 13.2. The van der Waals surface area contributed by atoms with Crippen LogP contribution in [0.4, 0.5) is 10.5 Å². The van der Waals surface area contributed by atoms with Crippen molar-refractivity contribution >= 4 is 45.5 Å². The maximum Gasteiger partial charge on any atom is 0.335 e. The largest absolute Gasteiger partial charge is 0.488 e. The fourth-order valence-corrected chi connectivity index (χ4v) is 4.39. The zero-order chi connectivity index (χ0) is 25.3. The van der Waals surface area contributed by atoms with E-state index in [4.69, 9.17) is 4.74 Å². The number of carbonyl (C=O) groups is 3. The first kappa shape index (κ1) is 24.4. The number of carbonyl (C=O) groups excluding carboxylic acids is 3. The predicted molar refractivity (Wildman–Crippen MR) is 139 cm³/mol. The Kier molecular flexibility index (Phi) is 6.89. The van der Waals surface area contributed by atoms with Gasteiger partial charge in [-0.2, -0.15) is 0 Å². The number of barbiturate groups is 1. The van der Waals surface area contributed by atoms with Crippen LogP contribution in [0.2, 0.25) is 0 Å². The van der Waals surface area contributed by atoms with Gasteiger partial charge in [-0.3, -0.25) is 14.9 Å². The molecule has 0 saturated carbocycles. The second kappa shape index (κ2) is 9.88. The van der Waals surface area contributed by atoms with Crippen molar-refractivity contribution < 1.29 is 19.1 Å². The van der Waals surface area contributed by atoms with E-state index in [9.17, 15) is 14.4 Å². The molecule has 1 aliphatic heterocycles. The molecule has 1 fully saturated rings. The molecular weight excluding hydrogens is 508 g/mol. The molecule has 3 aromatic rings. The van der Waals surface area contributed by atoms with Crippen molar-refractivity contribution in [3.8, 4) is 5.75 Å². The van der Waals surface area contributed by atoms with Gasteiger partial charge in [-0.1, -0.05) is 42.0 Å². The van der Waals surface area contributed by atoms with Gasteiger partial charge in [-0.25, -0.2) is 9.69 Å². The van der Waals surface area contributed by atoms with Crippen LogP contribution in [-0.2, 0) is 16.2 Å². The number of aryl methyl sites for hydroxylation is 4.